The summed E-state index contributed by atoms with van der Waals surface area (Å²) in [5, 5.41) is 1.50. The number of rotatable bonds is 3. The number of carbonyl (C=O) groups excluding carboxylic acids is 1. The van der Waals surface area contributed by atoms with Gasteiger partial charge in [0.1, 0.15) is 5.75 Å². The zero-order valence-electron chi connectivity index (χ0n) is 14.9. The molecular weight excluding hydrogens is 216 g/mol. The lowest BCUT2D eigenvalue weighted by molar-refractivity contribution is -0.139. The summed E-state index contributed by atoms with van der Waals surface area (Å²) in [6.45, 7) is 0. The van der Waals surface area contributed by atoms with Crippen molar-refractivity contribution in [1.82, 2.24) is 0 Å². The van der Waals surface area contributed by atoms with E-state index in [0.717, 1.165) is 10.8 Å². The number of esters is 1. The largest absolute Gasteiger partial charge is 0.497 e. The van der Waals surface area contributed by atoms with E-state index in [4.69, 9.17) is 13.0 Å². The van der Waals surface area contributed by atoms with E-state index >= 15 is 0 Å². The fourth-order valence-corrected chi connectivity index (χ4v) is 1.65. The zero-order chi connectivity index (χ0) is 17.3. The Morgan fingerprint density at radius 3 is 2.82 bits per heavy atom. The highest BCUT2D eigenvalue weighted by atomic mass is 16.5. The summed E-state index contributed by atoms with van der Waals surface area (Å²) in [5.74, 6) is -0.626. The number of ether oxygens (including phenoxy) is 2. The fraction of sp³-hybridized carbons (Fsp3) is 0.214. The van der Waals surface area contributed by atoms with Crippen LogP contribution >= 0.6 is 0 Å². The Labute approximate surface area is 108 Å². The predicted octanol–water partition coefficient (Wildman–Crippen LogP) is 2.56. The monoisotopic (exact) mass is 236 g/mol. The third kappa shape index (κ3) is 2.56. The van der Waals surface area contributed by atoms with Gasteiger partial charge in [-0.2, -0.15) is 0 Å². The SMILES string of the molecule is [2H]C([2H])([2H])OC(=O)Cc1ccc2cc(OC([2H])([2H])[2H])ccc2c1. The van der Waals surface area contributed by atoms with Gasteiger partial charge in [-0.05, 0) is 28.5 Å². The van der Waals surface area contributed by atoms with Crippen molar-refractivity contribution in [3.05, 3.63) is 42.0 Å². The van der Waals surface area contributed by atoms with Gasteiger partial charge in [0.25, 0.3) is 0 Å². The molecule has 0 aliphatic carbocycles. The molecule has 17 heavy (non-hydrogen) atoms. The van der Waals surface area contributed by atoms with E-state index in [-0.39, 0.29) is 12.2 Å². The van der Waals surface area contributed by atoms with Crippen LogP contribution in [-0.4, -0.2) is 20.0 Å². The van der Waals surface area contributed by atoms with Crippen molar-refractivity contribution in [2.75, 3.05) is 14.1 Å². The molecule has 0 amide bonds. The van der Waals surface area contributed by atoms with E-state index in [1.54, 1.807) is 30.3 Å². The topological polar surface area (TPSA) is 35.5 Å². The number of hydrogen-bond donors (Lipinski definition) is 0. The van der Waals surface area contributed by atoms with Crippen molar-refractivity contribution in [2.24, 2.45) is 0 Å². The average molecular weight is 236 g/mol. The van der Waals surface area contributed by atoms with Crippen molar-refractivity contribution >= 4 is 16.7 Å². The second kappa shape index (κ2) is 4.87. The van der Waals surface area contributed by atoms with Crippen LogP contribution in [0.4, 0.5) is 0 Å². The molecule has 0 saturated carbocycles. The number of carbonyl (C=O) groups is 1. The molecule has 0 radical (unpaired) electrons. The molecule has 0 fully saturated rings. The van der Waals surface area contributed by atoms with Gasteiger partial charge in [-0.3, -0.25) is 4.79 Å². The molecule has 0 unspecified atom stereocenters. The molecule has 0 spiro atoms. The van der Waals surface area contributed by atoms with E-state index in [0.29, 0.717) is 5.56 Å². The first-order valence-corrected chi connectivity index (χ1v) is 4.95. The molecule has 3 heteroatoms. The van der Waals surface area contributed by atoms with E-state index in [9.17, 15) is 4.79 Å². The van der Waals surface area contributed by atoms with Crippen LogP contribution < -0.4 is 4.74 Å². The normalized spacial score (nSPS) is 16.9. The van der Waals surface area contributed by atoms with Gasteiger partial charge < -0.3 is 9.47 Å². The Morgan fingerprint density at radius 1 is 1.18 bits per heavy atom. The van der Waals surface area contributed by atoms with Gasteiger partial charge in [0.15, 0.2) is 0 Å². The van der Waals surface area contributed by atoms with E-state index in [2.05, 4.69) is 4.74 Å². The molecule has 0 aliphatic heterocycles. The highest BCUT2D eigenvalue weighted by Crippen LogP contribution is 2.22. The van der Waals surface area contributed by atoms with Gasteiger partial charge in [0.05, 0.1) is 28.7 Å². The Hall–Kier alpha value is -2.03. The van der Waals surface area contributed by atoms with Crippen molar-refractivity contribution in [1.29, 1.82) is 0 Å². The van der Waals surface area contributed by atoms with Gasteiger partial charge in [-0.15, -0.1) is 0 Å². The second-order valence-corrected chi connectivity index (χ2v) is 3.60. The van der Waals surface area contributed by atoms with E-state index in [1.807, 2.05) is 0 Å². The Kier molecular flexibility index (Phi) is 1.73. The Balaban J connectivity index is 2.17. The zero-order valence-corrected chi connectivity index (χ0v) is 8.90. The van der Waals surface area contributed by atoms with E-state index in [1.165, 1.54) is 6.07 Å². The first-order valence-electron chi connectivity index (χ1n) is 7.95. The van der Waals surface area contributed by atoms with Gasteiger partial charge in [0, 0.05) is 0 Å². The minimum Gasteiger partial charge on any atom is -0.497 e. The Morgan fingerprint density at radius 2 is 2.00 bits per heavy atom. The lowest BCUT2D eigenvalue weighted by Gasteiger charge is -2.05. The summed E-state index contributed by atoms with van der Waals surface area (Å²) in [4.78, 5) is 11.5. The van der Waals surface area contributed by atoms with Crippen LogP contribution in [0.3, 0.4) is 0 Å². The Bertz CT molecular complexity index is 721. The molecule has 0 atom stereocenters. The van der Waals surface area contributed by atoms with Gasteiger partial charge in [-0.1, -0.05) is 24.3 Å². The first kappa shape index (κ1) is 6.05. The average Bonchev–Trinajstić information content (AvgIpc) is 2.34. The van der Waals surface area contributed by atoms with Crippen molar-refractivity contribution < 1.29 is 22.5 Å². The van der Waals surface area contributed by atoms with Crippen molar-refractivity contribution in [3.8, 4) is 5.75 Å². The highest BCUT2D eigenvalue weighted by Gasteiger charge is 2.04. The molecule has 88 valence electrons. The van der Waals surface area contributed by atoms with Gasteiger partial charge in [-0.25, -0.2) is 0 Å². The molecule has 2 aromatic carbocycles. The number of hydrogen-bond acceptors (Lipinski definition) is 3. The molecule has 3 nitrogen and oxygen atoms in total. The first-order chi connectivity index (χ1) is 10.5. The molecular formula is C14H14O3. The third-order valence-electron chi connectivity index (χ3n) is 2.46. The van der Waals surface area contributed by atoms with Crippen LogP contribution in [0, 0.1) is 0 Å². The molecule has 0 N–H and O–H groups in total. The third-order valence-corrected chi connectivity index (χ3v) is 2.46. The molecule has 2 aromatic rings. The summed E-state index contributed by atoms with van der Waals surface area (Å²) in [7, 11) is -5.28. The van der Waals surface area contributed by atoms with Crippen molar-refractivity contribution in [3.63, 3.8) is 0 Å². The van der Waals surface area contributed by atoms with E-state index < -0.39 is 20.0 Å². The predicted molar refractivity (Wildman–Crippen MR) is 66.2 cm³/mol. The summed E-state index contributed by atoms with van der Waals surface area (Å²) < 4.78 is 51.0. The maximum absolute atomic E-state index is 11.5. The van der Waals surface area contributed by atoms with Crippen LogP contribution in [0.15, 0.2) is 36.4 Å². The van der Waals surface area contributed by atoms with Crippen molar-refractivity contribution in [2.45, 2.75) is 6.42 Å². The number of benzene rings is 2. The number of methoxy groups -OCH3 is 2. The maximum atomic E-state index is 11.5. The number of fused-ring (bicyclic) bond motifs is 1. The molecule has 0 aliphatic rings. The summed E-state index contributed by atoms with van der Waals surface area (Å²) >= 11 is 0. The summed E-state index contributed by atoms with van der Waals surface area (Å²) in [6, 6.07) is 9.79. The maximum Gasteiger partial charge on any atom is 0.309 e. The van der Waals surface area contributed by atoms with Crippen LogP contribution in [0.1, 0.15) is 13.8 Å². The van der Waals surface area contributed by atoms with Crippen LogP contribution in [-0.2, 0) is 16.0 Å². The second-order valence-electron chi connectivity index (χ2n) is 3.60. The lowest BCUT2D eigenvalue weighted by Crippen LogP contribution is -2.04. The molecule has 0 heterocycles. The van der Waals surface area contributed by atoms with Crippen LogP contribution in [0.25, 0.3) is 10.8 Å². The van der Waals surface area contributed by atoms with Gasteiger partial charge >= 0.3 is 5.97 Å². The summed E-state index contributed by atoms with van der Waals surface area (Å²) in [5.41, 5.74) is 0.594. The minimum atomic E-state index is -2.75. The highest BCUT2D eigenvalue weighted by molar-refractivity contribution is 5.85. The smallest absolute Gasteiger partial charge is 0.309 e. The fourth-order valence-electron chi connectivity index (χ4n) is 1.65. The molecule has 2 rings (SSSR count). The molecule has 0 saturated heterocycles. The standard InChI is InChI=1S/C14H14O3/c1-16-13-6-5-11-7-10(8-14(15)17-2)3-4-12(11)9-13/h3-7,9H,8H2,1-2H3/i1D3,2D3. The molecule has 0 bridgehead atoms. The van der Waals surface area contributed by atoms with Crippen LogP contribution in [0.5, 0.6) is 5.75 Å². The van der Waals surface area contributed by atoms with Crippen LogP contribution in [0.2, 0.25) is 0 Å². The van der Waals surface area contributed by atoms with Gasteiger partial charge in [0.2, 0.25) is 0 Å². The quantitative estimate of drug-likeness (QED) is 0.768. The minimum absolute atomic E-state index is 0.165. The molecule has 0 aromatic heterocycles. The lowest BCUT2D eigenvalue weighted by atomic mass is 10.0. The summed E-state index contributed by atoms with van der Waals surface area (Å²) in [6.07, 6.45) is -0.165.